The Bertz CT molecular complexity index is 1710. The molecule has 288 valence electrons. The minimum Gasteiger partial charge on any atom is -0.480 e. The quantitative estimate of drug-likeness (QED) is 0.0799. The summed E-state index contributed by atoms with van der Waals surface area (Å²) >= 11 is 0. The third-order valence-electron chi connectivity index (χ3n) is 8.54. The van der Waals surface area contributed by atoms with E-state index in [0.29, 0.717) is 12.0 Å². The van der Waals surface area contributed by atoms with Crippen molar-refractivity contribution in [3.63, 3.8) is 0 Å². The number of carboxylic acid groups (broad SMARTS) is 1. The van der Waals surface area contributed by atoms with E-state index in [9.17, 15) is 39.0 Å². The molecule has 0 aliphatic heterocycles. The van der Waals surface area contributed by atoms with Crippen molar-refractivity contribution in [1.82, 2.24) is 31.6 Å². The van der Waals surface area contributed by atoms with Crippen molar-refractivity contribution in [2.24, 2.45) is 17.6 Å². The molecule has 53 heavy (non-hydrogen) atoms. The average Bonchev–Trinajstić information content (AvgIpc) is 3.50. The molecular weight excluding hydrogens is 682 g/mol. The third-order valence-corrected chi connectivity index (χ3v) is 8.54. The Morgan fingerprint density at radius 1 is 0.698 bits per heavy atom. The molecule has 6 atom stereocenters. The maximum absolute atomic E-state index is 13.8. The second-order valence-electron chi connectivity index (χ2n) is 14.1. The normalized spacial score (nSPS) is 14.7. The van der Waals surface area contributed by atoms with Crippen LogP contribution < -0.4 is 32.3 Å². The minimum absolute atomic E-state index is 0.0293. The van der Waals surface area contributed by atoms with E-state index < -0.39 is 78.4 Å². The molecule has 0 aliphatic carbocycles. The minimum atomic E-state index is -1.53. The van der Waals surface area contributed by atoms with Crippen LogP contribution in [-0.2, 0) is 41.6 Å². The van der Waals surface area contributed by atoms with Crippen LogP contribution in [0.4, 0.5) is 0 Å². The number of amides is 5. The first-order valence-corrected chi connectivity index (χ1v) is 17.8. The Labute approximate surface area is 309 Å². The Hall–Kier alpha value is -5.28. The van der Waals surface area contributed by atoms with Gasteiger partial charge in [-0.2, -0.15) is 0 Å². The average molecular weight is 736 g/mol. The number of aromatic amines is 1. The van der Waals surface area contributed by atoms with Gasteiger partial charge in [-0.3, -0.25) is 24.0 Å². The first kappa shape index (κ1) is 42.1. The number of hydrogen-bond acceptors (Lipinski definition) is 8. The molecule has 0 bridgehead atoms. The van der Waals surface area contributed by atoms with Crippen LogP contribution in [0.2, 0.25) is 0 Å². The molecule has 1 heterocycles. The number of aliphatic hydroxyl groups excluding tert-OH is 1. The number of H-pyrrole nitrogens is 1. The van der Waals surface area contributed by atoms with Crippen LogP contribution in [0.1, 0.15) is 58.6 Å². The highest BCUT2D eigenvalue weighted by Gasteiger charge is 2.32. The van der Waals surface area contributed by atoms with Crippen molar-refractivity contribution in [1.29, 1.82) is 0 Å². The van der Waals surface area contributed by atoms with Gasteiger partial charge in [0.1, 0.15) is 24.2 Å². The molecule has 15 nitrogen and oxygen atoms in total. The summed E-state index contributed by atoms with van der Waals surface area (Å²) in [5.74, 6) is -4.82. The van der Waals surface area contributed by atoms with E-state index in [2.05, 4.69) is 31.6 Å². The zero-order valence-electron chi connectivity index (χ0n) is 30.8. The van der Waals surface area contributed by atoms with Crippen LogP contribution >= 0.6 is 0 Å². The molecule has 1 aromatic heterocycles. The molecule has 15 heteroatoms. The molecule has 2 aromatic carbocycles. The van der Waals surface area contributed by atoms with Gasteiger partial charge in [-0.25, -0.2) is 4.79 Å². The number of aromatic nitrogens is 1. The molecule has 10 N–H and O–H groups in total. The fraction of sp³-hybridized carbons (Fsp3) is 0.474. The largest absolute Gasteiger partial charge is 0.480 e. The number of carbonyl (C=O) groups excluding carboxylic acids is 5. The number of carbonyl (C=O) groups is 6. The lowest BCUT2D eigenvalue weighted by molar-refractivity contribution is -0.143. The summed E-state index contributed by atoms with van der Waals surface area (Å²) in [6, 6.07) is 10.2. The van der Waals surface area contributed by atoms with Crippen LogP contribution in [0.5, 0.6) is 0 Å². The van der Waals surface area contributed by atoms with Gasteiger partial charge in [-0.1, -0.05) is 76.2 Å². The lowest BCUT2D eigenvalue weighted by atomic mass is 9.99. The first-order chi connectivity index (χ1) is 25.0. The van der Waals surface area contributed by atoms with Crippen LogP contribution in [-0.4, -0.2) is 93.6 Å². The van der Waals surface area contributed by atoms with E-state index in [-0.39, 0.29) is 31.1 Å². The van der Waals surface area contributed by atoms with Crippen LogP contribution in [0, 0.1) is 11.8 Å². The number of rotatable bonds is 20. The maximum atomic E-state index is 13.8. The Balaban J connectivity index is 1.69. The van der Waals surface area contributed by atoms with Gasteiger partial charge in [-0.15, -0.1) is 0 Å². The van der Waals surface area contributed by atoms with Crippen molar-refractivity contribution in [2.45, 2.75) is 96.6 Å². The molecule has 0 radical (unpaired) electrons. The predicted molar refractivity (Wildman–Crippen MR) is 199 cm³/mol. The lowest BCUT2D eigenvalue weighted by Gasteiger charge is -2.26. The van der Waals surface area contributed by atoms with Crippen molar-refractivity contribution in [2.75, 3.05) is 6.54 Å². The summed E-state index contributed by atoms with van der Waals surface area (Å²) in [4.78, 5) is 81.3. The molecule has 0 saturated heterocycles. The second-order valence-corrected chi connectivity index (χ2v) is 14.1. The second kappa shape index (κ2) is 20.1. The molecule has 0 saturated carbocycles. The molecule has 0 aliphatic rings. The number of nitrogens with two attached hydrogens (primary N) is 1. The lowest BCUT2D eigenvalue weighted by Crippen LogP contribution is -2.58. The maximum Gasteiger partial charge on any atom is 0.326 e. The fourth-order valence-corrected chi connectivity index (χ4v) is 5.83. The number of aliphatic carboxylic acids is 1. The SMILES string of the molecule is CC(C)C[C@H](NC(=O)[C@H](Cc1c[nH]c2ccccc12)NC(=O)[C@@H](N)CC(C)C)C(=O)NCC(=O)N[C@H](C(=O)N[C@@H](Cc1ccccc1)C(=O)O)[C@@H](C)O. The van der Waals surface area contributed by atoms with E-state index in [1.54, 1.807) is 36.5 Å². The van der Waals surface area contributed by atoms with Gasteiger partial charge in [-0.05, 0) is 48.8 Å². The van der Waals surface area contributed by atoms with E-state index in [1.165, 1.54) is 6.92 Å². The number of para-hydroxylation sites is 1. The fourth-order valence-electron chi connectivity index (χ4n) is 5.83. The number of nitrogens with one attached hydrogen (secondary N) is 6. The zero-order chi connectivity index (χ0) is 39.2. The summed E-state index contributed by atoms with van der Waals surface area (Å²) in [5.41, 5.74) is 8.41. The van der Waals surface area contributed by atoms with Gasteiger partial charge in [0.05, 0.1) is 18.7 Å². The van der Waals surface area contributed by atoms with Gasteiger partial charge in [0.25, 0.3) is 0 Å². The van der Waals surface area contributed by atoms with Crippen LogP contribution in [0.15, 0.2) is 60.8 Å². The molecule has 0 fully saturated rings. The standard InChI is InChI=1S/C38H53N7O8/c1-21(2)15-27(39)34(48)42-30(18-25-19-40-28-14-10-9-13-26(25)28)36(50)43-29(16-22(3)4)35(49)41-20-32(47)45-33(23(5)46)37(51)44-31(38(52)53)17-24-11-7-6-8-12-24/h6-14,19,21-23,27,29-31,33,40,46H,15-18,20,39H2,1-5H3,(H,41,49)(H,42,48)(H,43,50)(H,44,51)(H,45,47)(H,52,53)/t23-,27+,29+,30+,31+,33+/m1/s1. The smallest absolute Gasteiger partial charge is 0.326 e. The first-order valence-electron chi connectivity index (χ1n) is 17.8. The Morgan fingerprint density at radius 2 is 1.30 bits per heavy atom. The third kappa shape index (κ3) is 13.3. The number of carboxylic acids is 1. The van der Waals surface area contributed by atoms with Crippen molar-refractivity contribution >= 4 is 46.4 Å². The zero-order valence-corrected chi connectivity index (χ0v) is 30.8. The number of hydrogen-bond donors (Lipinski definition) is 9. The number of benzene rings is 2. The van der Waals surface area contributed by atoms with Crippen molar-refractivity contribution in [3.8, 4) is 0 Å². The van der Waals surface area contributed by atoms with E-state index in [1.807, 2.05) is 52.0 Å². The van der Waals surface area contributed by atoms with Gasteiger partial charge in [0.15, 0.2) is 0 Å². The van der Waals surface area contributed by atoms with Crippen molar-refractivity contribution in [3.05, 3.63) is 71.9 Å². The van der Waals surface area contributed by atoms with Crippen LogP contribution in [0.3, 0.4) is 0 Å². The van der Waals surface area contributed by atoms with E-state index in [0.717, 1.165) is 16.5 Å². The van der Waals surface area contributed by atoms with Gasteiger partial charge >= 0.3 is 5.97 Å². The highest BCUT2D eigenvalue weighted by molar-refractivity contribution is 5.96. The molecule has 0 spiro atoms. The molecule has 3 rings (SSSR count). The molecule has 0 unspecified atom stereocenters. The Morgan fingerprint density at radius 3 is 1.92 bits per heavy atom. The number of fused-ring (bicyclic) bond motifs is 1. The van der Waals surface area contributed by atoms with Gasteiger partial charge < -0.3 is 47.5 Å². The van der Waals surface area contributed by atoms with Crippen molar-refractivity contribution < 1.29 is 39.0 Å². The Kier molecular flexibility index (Phi) is 16.0. The molecular formula is C38H53N7O8. The topological polar surface area (TPSA) is 245 Å². The van der Waals surface area contributed by atoms with E-state index >= 15 is 0 Å². The summed E-state index contributed by atoms with van der Waals surface area (Å²) in [6.45, 7) is 8.20. The van der Waals surface area contributed by atoms with E-state index in [4.69, 9.17) is 5.73 Å². The monoisotopic (exact) mass is 735 g/mol. The highest BCUT2D eigenvalue weighted by atomic mass is 16.4. The number of aliphatic hydroxyl groups is 1. The summed E-state index contributed by atoms with van der Waals surface area (Å²) in [7, 11) is 0. The molecule has 3 aromatic rings. The van der Waals surface area contributed by atoms with Gasteiger partial charge in [0, 0.05) is 29.9 Å². The molecule has 5 amide bonds. The van der Waals surface area contributed by atoms with Gasteiger partial charge in [0.2, 0.25) is 29.5 Å². The predicted octanol–water partition coefficient (Wildman–Crippen LogP) is 0.893. The van der Waals surface area contributed by atoms with Crippen LogP contribution in [0.25, 0.3) is 10.9 Å². The highest BCUT2D eigenvalue weighted by Crippen LogP contribution is 2.20. The summed E-state index contributed by atoms with van der Waals surface area (Å²) in [6.07, 6.45) is 1.01. The summed E-state index contributed by atoms with van der Waals surface area (Å²) < 4.78 is 0. The summed E-state index contributed by atoms with van der Waals surface area (Å²) in [5, 5.41) is 33.5.